The molecule has 1 aliphatic heterocycles. The average molecular weight is 312 g/mol. The molecule has 21 heavy (non-hydrogen) atoms. The quantitative estimate of drug-likeness (QED) is 0.474. The minimum absolute atomic E-state index is 0.0395. The number of nitro benzene ring substituents is 1. The van der Waals surface area contributed by atoms with Crippen LogP contribution in [0, 0.1) is 10.1 Å². The molecule has 1 saturated heterocycles. The molecular weight excluding hydrogens is 296 g/mol. The highest BCUT2D eigenvalue weighted by atomic mass is 32.2. The zero-order valence-corrected chi connectivity index (χ0v) is 12.6. The minimum atomic E-state index is -3.04. The van der Waals surface area contributed by atoms with Crippen molar-refractivity contribution >= 4 is 27.0 Å². The van der Waals surface area contributed by atoms with Crippen LogP contribution in [-0.2, 0) is 9.84 Å². The minimum Gasteiger partial charge on any atom is -0.370 e. The zero-order valence-electron chi connectivity index (χ0n) is 11.8. The molecule has 0 saturated carbocycles. The van der Waals surface area contributed by atoms with Crippen molar-refractivity contribution in [2.45, 2.75) is 19.4 Å². The molecule has 8 heteroatoms. The molecule has 7 nitrogen and oxygen atoms in total. The topological polar surface area (TPSA) is 97.6 Å². The van der Waals surface area contributed by atoms with E-state index in [4.69, 9.17) is 0 Å². The van der Waals surface area contributed by atoms with E-state index in [0.717, 1.165) is 0 Å². The number of carbonyl (C=O) groups is 1. The molecule has 0 spiro atoms. The van der Waals surface area contributed by atoms with Crippen LogP contribution in [0.5, 0.6) is 0 Å². The Bertz CT molecular complexity index is 699. The fourth-order valence-electron chi connectivity index (χ4n) is 2.50. The number of benzene rings is 1. The summed E-state index contributed by atoms with van der Waals surface area (Å²) in [6.45, 7) is 1.34. The van der Waals surface area contributed by atoms with Crippen LogP contribution < -0.4 is 4.90 Å². The van der Waals surface area contributed by atoms with Crippen molar-refractivity contribution < 1.29 is 18.1 Å². The van der Waals surface area contributed by atoms with Crippen molar-refractivity contribution in [1.82, 2.24) is 0 Å². The highest BCUT2D eigenvalue weighted by Crippen LogP contribution is 2.29. The number of sulfone groups is 1. The highest BCUT2D eigenvalue weighted by molar-refractivity contribution is 7.91. The van der Waals surface area contributed by atoms with Crippen LogP contribution in [0.15, 0.2) is 18.2 Å². The normalized spacial score (nSPS) is 20.2. The molecule has 1 heterocycles. The number of non-ortho nitro benzene ring substituents is 1. The summed E-state index contributed by atoms with van der Waals surface area (Å²) in [5.74, 6) is -0.121. The first-order valence-corrected chi connectivity index (χ1v) is 8.26. The molecule has 1 aromatic rings. The van der Waals surface area contributed by atoms with Crippen LogP contribution in [0.1, 0.15) is 23.7 Å². The number of ketones is 1. The van der Waals surface area contributed by atoms with Crippen LogP contribution in [0.25, 0.3) is 0 Å². The molecule has 0 bridgehead atoms. The lowest BCUT2D eigenvalue weighted by Gasteiger charge is -2.27. The molecular formula is C13H16N2O5S. The molecule has 114 valence electrons. The van der Waals surface area contributed by atoms with E-state index in [-0.39, 0.29) is 34.6 Å². The van der Waals surface area contributed by atoms with Gasteiger partial charge in [0.2, 0.25) is 0 Å². The molecule has 0 amide bonds. The zero-order chi connectivity index (χ0) is 15.8. The van der Waals surface area contributed by atoms with Crippen molar-refractivity contribution in [2.24, 2.45) is 0 Å². The molecule has 1 aromatic carbocycles. The van der Waals surface area contributed by atoms with E-state index in [2.05, 4.69) is 0 Å². The number of anilines is 1. The Morgan fingerprint density at radius 3 is 2.57 bits per heavy atom. The van der Waals surface area contributed by atoms with Gasteiger partial charge in [0, 0.05) is 36.5 Å². The van der Waals surface area contributed by atoms with Gasteiger partial charge in [-0.1, -0.05) is 0 Å². The molecule has 1 aliphatic rings. The van der Waals surface area contributed by atoms with Crippen LogP contribution >= 0.6 is 0 Å². The summed E-state index contributed by atoms with van der Waals surface area (Å²) in [5, 5.41) is 10.8. The van der Waals surface area contributed by atoms with Crippen molar-refractivity contribution in [3.8, 4) is 0 Å². The van der Waals surface area contributed by atoms with E-state index in [0.29, 0.717) is 12.1 Å². The van der Waals surface area contributed by atoms with Gasteiger partial charge in [-0.2, -0.15) is 0 Å². The molecule has 0 aliphatic carbocycles. The summed E-state index contributed by atoms with van der Waals surface area (Å²) in [6, 6.07) is 3.84. The number of nitro groups is 1. The fourth-order valence-corrected chi connectivity index (χ4v) is 4.28. The van der Waals surface area contributed by atoms with Crippen molar-refractivity contribution in [3.05, 3.63) is 33.9 Å². The maximum atomic E-state index is 11.7. The lowest BCUT2D eigenvalue weighted by molar-refractivity contribution is -0.384. The second-order valence-electron chi connectivity index (χ2n) is 5.18. The van der Waals surface area contributed by atoms with Crippen molar-refractivity contribution in [3.63, 3.8) is 0 Å². The largest absolute Gasteiger partial charge is 0.370 e. The van der Waals surface area contributed by atoms with Gasteiger partial charge >= 0.3 is 0 Å². The Hall–Kier alpha value is -1.96. The summed E-state index contributed by atoms with van der Waals surface area (Å²) in [5.41, 5.74) is 0.600. The maximum Gasteiger partial charge on any atom is 0.270 e. The second kappa shape index (κ2) is 5.44. The maximum absolute atomic E-state index is 11.7. The van der Waals surface area contributed by atoms with Gasteiger partial charge in [-0.05, 0) is 19.4 Å². The van der Waals surface area contributed by atoms with Gasteiger partial charge in [0.1, 0.15) is 0 Å². The van der Waals surface area contributed by atoms with E-state index in [1.165, 1.54) is 25.1 Å². The van der Waals surface area contributed by atoms with Gasteiger partial charge in [-0.15, -0.1) is 0 Å². The highest BCUT2D eigenvalue weighted by Gasteiger charge is 2.32. The van der Waals surface area contributed by atoms with Gasteiger partial charge in [-0.25, -0.2) is 8.42 Å². The third-order valence-electron chi connectivity index (χ3n) is 3.71. The predicted octanol–water partition coefficient (Wildman–Crippen LogP) is 1.42. The molecule has 2 rings (SSSR count). The molecule has 0 aromatic heterocycles. The molecule has 0 N–H and O–H groups in total. The fraction of sp³-hybridized carbons (Fsp3) is 0.462. The lowest BCUT2D eigenvalue weighted by atomic mass is 10.1. The monoisotopic (exact) mass is 312 g/mol. The number of hydrogen-bond donors (Lipinski definition) is 0. The number of nitrogens with zero attached hydrogens (tertiary/aromatic N) is 2. The Balaban J connectivity index is 2.39. The Labute approximate surface area is 122 Å². The number of Topliss-reactive ketones (excluding diaryl/α,β-unsaturated/α-hetero) is 1. The van der Waals surface area contributed by atoms with E-state index in [9.17, 15) is 23.3 Å². The van der Waals surface area contributed by atoms with Gasteiger partial charge in [-0.3, -0.25) is 14.9 Å². The average Bonchev–Trinajstić information content (AvgIpc) is 2.77. The standard InChI is InChI=1S/C13H16N2O5S/c1-9(16)12-7-10(15(17)18)3-4-13(12)14(2)11-5-6-21(19,20)8-11/h3-4,7,11H,5-6,8H2,1-2H3. The van der Waals surface area contributed by atoms with Crippen LogP contribution in [0.3, 0.4) is 0 Å². The van der Waals surface area contributed by atoms with E-state index >= 15 is 0 Å². The van der Waals surface area contributed by atoms with Crippen LogP contribution in [0.4, 0.5) is 11.4 Å². The first-order valence-electron chi connectivity index (χ1n) is 6.44. The summed E-state index contributed by atoms with van der Waals surface area (Å²) in [6.07, 6.45) is 0.493. The summed E-state index contributed by atoms with van der Waals surface area (Å²) in [7, 11) is -1.33. The van der Waals surface area contributed by atoms with Crippen molar-refractivity contribution in [1.29, 1.82) is 0 Å². The first-order chi connectivity index (χ1) is 9.71. The molecule has 1 unspecified atom stereocenters. The molecule has 0 radical (unpaired) electrons. The number of carbonyl (C=O) groups excluding carboxylic acids is 1. The van der Waals surface area contributed by atoms with Gasteiger partial charge in [0.15, 0.2) is 15.6 Å². The summed E-state index contributed by atoms with van der Waals surface area (Å²) < 4.78 is 23.1. The van der Waals surface area contributed by atoms with Gasteiger partial charge in [0.25, 0.3) is 5.69 Å². The van der Waals surface area contributed by atoms with Crippen LogP contribution in [-0.4, -0.2) is 43.7 Å². The predicted molar refractivity (Wildman–Crippen MR) is 78.6 cm³/mol. The Kier molecular flexibility index (Phi) is 3.99. The Morgan fingerprint density at radius 2 is 2.10 bits per heavy atom. The van der Waals surface area contributed by atoms with Gasteiger partial charge in [0.05, 0.1) is 16.4 Å². The Morgan fingerprint density at radius 1 is 1.43 bits per heavy atom. The lowest BCUT2D eigenvalue weighted by Crippen LogP contribution is -2.33. The number of hydrogen-bond acceptors (Lipinski definition) is 6. The van der Waals surface area contributed by atoms with E-state index in [1.807, 2.05) is 0 Å². The van der Waals surface area contributed by atoms with Crippen molar-refractivity contribution in [2.75, 3.05) is 23.5 Å². The molecule has 1 fully saturated rings. The number of rotatable bonds is 4. The summed E-state index contributed by atoms with van der Waals surface area (Å²) >= 11 is 0. The molecule has 1 atom stereocenters. The summed E-state index contributed by atoms with van der Waals surface area (Å²) in [4.78, 5) is 23.7. The van der Waals surface area contributed by atoms with E-state index < -0.39 is 14.8 Å². The van der Waals surface area contributed by atoms with Gasteiger partial charge < -0.3 is 4.90 Å². The smallest absolute Gasteiger partial charge is 0.270 e. The van der Waals surface area contributed by atoms with Crippen LogP contribution in [0.2, 0.25) is 0 Å². The third-order valence-corrected chi connectivity index (χ3v) is 5.46. The third kappa shape index (κ3) is 3.21. The van der Waals surface area contributed by atoms with E-state index in [1.54, 1.807) is 11.9 Å². The first kappa shape index (κ1) is 15.4. The second-order valence-corrected chi connectivity index (χ2v) is 7.41. The SMILES string of the molecule is CC(=O)c1cc([N+](=O)[O-])ccc1N(C)C1CCS(=O)(=O)C1.